The third-order valence-corrected chi connectivity index (χ3v) is 2.63. The highest BCUT2D eigenvalue weighted by molar-refractivity contribution is 5.33. The van der Waals surface area contributed by atoms with Crippen LogP contribution in [0.2, 0.25) is 0 Å². The molecule has 0 bridgehead atoms. The molecule has 2 heteroatoms. The standard InChI is InChI=1S/C14H22O2/c1-3-13-9-4-5-10-14(13)16-11-7-6-8-12(2)15/h4-5,9-10,12,15H,3,6-8,11H2,1-2H3. The molecule has 16 heavy (non-hydrogen) atoms. The molecule has 0 aliphatic heterocycles. The van der Waals surface area contributed by atoms with E-state index in [1.54, 1.807) is 0 Å². The summed E-state index contributed by atoms with van der Waals surface area (Å²) in [5.74, 6) is 1.00. The van der Waals surface area contributed by atoms with Gasteiger partial charge in [0, 0.05) is 0 Å². The lowest BCUT2D eigenvalue weighted by atomic mass is 10.1. The third-order valence-electron chi connectivity index (χ3n) is 2.63. The molecule has 1 rings (SSSR count). The van der Waals surface area contributed by atoms with E-state index in [9.17, 15) is 0 Å². The van der Waals surface area contributed by atoms with Crippen LogP contribution >= 0.6 is 0 Å². The summed E-state index contributed by atoms with van der Waals surface area (Å²) in [6.07, 6.45) is 3.69. The van der Waals surface area contributed by atoms with Crippen molar-refractivity contribution in [2.24, 2.45) is 0 Å². The van der Waals surface area contributed by atoms with E-state index in [1.807, 2.05) is 25.1 Å². The summed E-state index contributed by atoms with van der Waals surface area (Å²) in [5, 5.41) is 9.11. The van der Waals surface area contributed by atoms with Crippen LogP contribution in [0.3, 0.4) is 0 Å². The van der Waals surface area contributed by atoms with Crippen LogP contribution in [-0.4, -0.2) is 17.8 Å². The van der Waals surface area contributed by atoms with Crippen LogP contribution in [0.25, 0.3) is 0 Å². The topological polar surface area (TPSA) is 29.5 Å². The number of para-hydroxylation sites is 1. The Morgan fingerprint density at radius 1 is 1.25 bits per heavy atom. The van der Waals surface area contributed by atoms with Gasteiger partial charge < -0.3 is 9.84 Å². The summed E-state index contributed by atoms with van der Waals surface area (Å²) in [7, 11) is 0. The van der Waals surface area contributed by atoms with E-state index in [4.69, 9.17) is 9.84 Å². The van der Waals surface area contributed by atoms with Gasteiger partial charge in [0.05, 0.1) is 12.7 Å². The Labute approximate surface area is 98.3 Å². The lowest BCUT2D eigenvalue weighted by Gasteiger charge is -2.10. The highest BCUT2D eigenvalue weighted by Crippen LogP contribution is 2.18. The van der Waals surface area contributed by atoms with Crippen LogP contribution in [0.4, 0.5) is 0 Å². The molecule has 2 nitrogen and oxygen atoms in total. The summed E-state index contributed by atoms with van der Waals surface area (Å²) in [6, 6.07) is 8.17. The highest BCUT2D eigenvalue weighted by atomic mass is 16.5. The van der Waals surface area contributed by atoms with Crippen LogP contribution in [0, 0.1) is 0 Å². The van der Waals surface area contributed by atoms with Crippen molar-refractivity contribution in [2.45, 2.75) is 45.6 Å². The van der Waals surface area contributed by atoms with Crippen molar-refractivity contribution in [3.63, 3.8) is 0 Å². The first-order chi connectivity index (χ1) is 7.74. The Kier molecular flexibility index (Phi) is 5.94. The van der Waals surface area contributed by atoms with Gasteiger partial charge in [-0.15, -0.1) is 0 Å². The van der Waals surface area contributed by atoms with Crippen molar-refractivity contribution in [1.29, 1.82) is 0 Å². The molecule has 0 aromatic heterocycles. The van der Waals surface area contributed by atoms with Gasteiger partial charge in [0.1, 0.15) is 5.75 Å². The van der Waals surface area contributed by atoms with E-state index >= 15 is 0 Å². The number of benzene rings is 1. The SMILES string of the molecule is CCc1ccccc1OCCCCC(C)O. The molecule has 1 unspecified atom stereocenters. The van der Waals surface area contributed by atoms with Crippen molar-refractivity contribution in [3.05, 3.63) is 29.8 Å². The molecule has 90 valence electrons. The zero-order valence-electron chi connectivity index (χ0n) is 10.3. The molecule has 0 spiro atoms. The Morgan fingerprint density at radius 2 is 2.00 bits per heavy atom. The quantitative estimate of drug-likeness (QED) is 0.718. The second-order valence-corrected chi connectivity index (χ2v) is 4.15. The lowest BCUT2D eigenvalue weighted by Crippen LogP contribution is -2.03. The van der Waals surface area contributed by atoms with Crippen molar-refractivity contribution in [3.8, 4) is 5.75 Å². The number of hydrogen-bond donors (Lipinski definition) is 1. The maximum atomic E-state index is 9.11. The number of unbranched alkanes of at least 4 members (excludes halogenated alkanes) is 1. The summed E-state index contributed by atoms with van der Waals surface area (Å²) in [5.41, 5.74) is 1.26. The van der Waals surface area contributed by atoms with E-state index in [0.717, 1.165) is 38.0 Å². The van der Waals surface area contributed by atoms with Crippen molar-refractivity contribution < 1.29 is 9.84 Å². The van der Waals surface area contributed by atoms with Gasteiger partial charge in [-0.2, -0.15) is 0 Å². The second kappa shape index (κ2) is 7.29. The maximum Gasteiger partial charge on any atom is 0.122 e. The Balaban J connectivity index is 2.26. The van der Waals surface area contributed by atoms with Crippen molar-refractivity contribution in [1.82, 2.24) is 0 Å². The molecule has 1 atom stereocenters. The molecule has 0 radical (unpaired) electrons. The Hall–Kier alpha value is -1.02. The smallest absolute Gasteiger partial charge is 0.122 e. The third kappa shape index (κ3) is 4.67. The van der Waals surface area contributed by atoms with Crippen LogP contribution in [-0.2, 0) is 6.42 Å². The van der Waals surface area contributed by atoms with E-state index in [0.29, 0.717) is 0 Å². The van der Waals surface area contributed by atoms with Gasteiger partial charge in [0.25, 0.3) is 0 Å². The molecule has 1 aromatic carbocycles. The highest BCUT2D eigenvalue weighted by Gasteiger charge is 2.00. The first-order valence-electron chi connectivity index (χ1n) is 6.12. The minimum Gasteiger partial charge on any atom is -0.493 e. The fourth-order valence-electron chi connectivity index (χ4n) is 1.66. The van der Waals surface area contributed by atoms with Crippen molar-refractivity contribution >= 4 is 0 Å². The Morgan fingerprint density at radius 3 is 2.69 bits per heavy atom. The molecule has 0 amide bonds. The Bertz CT molecular complexity index is 295. The lowest BCUT2D eigenvalue weighted by molar-refractivity contribution is 0.177. The average molecular weight is 222 g/mol. The summed E-state index contributed by atoms with van der Waals surface area (Å²) < 4.78 is 5.73. The summed E-state index contributed by atoms with van der Waals surface area (Å²) >= 11 is 0. The molecular formula is C14H22O2. The molecule has 0 saturated carbocycles. The molecular weight excluding hydrogens is 200 g/mol. The normalized spacial score (nSPS) is 12.4. The molecule has 1 aromatic rings. The minimum atomic E-state index is -0.192. The monoisotopic (exact) mass is 222 g/mol. The summed E-state index contributed by atoms with van der Waals surface area (Å²) in [6.45, 7) is 4.70. The fourth-order valence-corrected chi connectivity index (χ4v) is 1.66. The molecule has 0 heterocycles. The number of aliphatic hydroxyl groups is 1. The van der Waals surface area contributed by atoms with Crippen LogP contribution in [0.1, 0.15) is 38.7 Å². The average Bonchev–Trinajstić information content (AvgIpc) is 2.29. The number of aliphatic hydroxyl groups excluding tert-OH is 1. The van der Waals surface area contributed by atoms with Gasteiger partial charge in [-0.3, -0.25) is 0 Å². The number of aryl methyl sites for hydroxylation is 1. The van der Waals surface area contributed by atoms with Gasteiger partial charge in [0.15, 0.2) is 0 Å². The number of ether oxygens (including phenoxy) is 1. The predicted molar refractivity (Wildman–Crippen MR) is 66.8 cm³/mol. The number of rotatable bonds is 7. The predicted octanol–water partition coefficient (Wildman–Crippen LogP) is 3.18. The zero-order valence-corrected chi connectivity index (χ0v) is 10.3. The number of hydrogen-bond acceptors (Lipinski definition) is 2. The van der Waals surface area contributed by atoms with Gasteiger partial charge in [-0.25, -0.2) is 0 Å². The van der Waals surface area contributed by atoms with Gasteiger partial charge >= 0.3 is 0 Å². The fraction of sp³-hybridized carbons (Fsp3) is 0.571. The second-order valence-electron chi connectivity index (χ2n) is 4.15. The van der Waals surface area contributed by atoms with E-state index in [1.165, 1.54) is 5.56 Å². The van der Waals surface area contributed by atoms with E-state index in [-0.39, 0.29) is 6.10 Å². The van der Waals surface area contributed by atoms with Gasteiger partial charge in [-0.05, 0) is 44.2 Å². The molecule has 0 aliphatic rings. The van der Waals surface area contributed by atoms with Crippen LogP contribution in [0.5, 0.6) is 5.75 Å². The molecule has 0 saturated heterocycles. The maximum absolute atomic E-state index is 9.11. The van der Waals surface area contributed by atoms with E-state index < -0.39 is 0 Å². The summed E-state index contributed by atoms with van der Waals surface area (Å²) in [4.78, 5) is 0. The van der Waals surface area contributed by atoms with Crippen LogP contribution < -0.4 is 4.74 Å². The van der Waals surface area contributed by atoms with Crippen LogP contribution in [0.15, 0.2) is 24.3 Å². The molecule has 0 fully saturated rings. The van der Waals surface area contributed by atoms with Gasteiger partial charge in [-0.1, -0.05) is 25.1 Å². The van der Waals surface area contributed by atoms with E-state index in [2.05, 4.69) is 13.0 Å². The first kappa shape index (κ1) is 13.0. The van der Waals surface area contributed by atoms with Gasteiger partial charge in [0.2, 0.25) is 0 Å². The molecule has 1 N–H and O–H groups in total. The van der Waals surface area contributed by atoms with Crippen molar-refractivity contribution in [2.75, 3.05) is 6.61 Å². The zero-order chi connectivity index (χ0) is 11.8. The minimum absolute atomic E-state index is 0.192. The largest absolute Gasteiger partial charge is 0.493 e. The molecule has 0 aliphatic carbocycles. The first-order valence-corrected chi connectivity index (χ1v) is 6.12.